The highest BCUT2D eigenvalue weighted by molar-refractivity contribution is 5.67. The van der Waals surface area contributed by atoms with Crippen molar-refractivity contribution < 1.29 is 4.74 Å². The fraction of sp³-hybridized carbons (Fsp3) is 0.118. The molecule has 5 nitrogen and oxygen atoms in total. The highest BCUT2D eigenvalue weighted by atomic mass is 16.5. The van der Waals surface area contributed by atoms with Gasteiger partial charge < -0.3 is 9.64 Å². The van der Waals surface area contributed by atoms with E-state index in [4.69, 9.17) is 4.74 Å². The van der Waals surface area contributed by atoms with Gasteiger partial charge in [0, 0.05) is 31.0 Å². The lowest BCUT2D eigenvalue weighted by atomic mass is 10.1. The Labute approximate surface area is 126 Å². The third-order valence-electron chi connectivity index (χ3n) is 3.83. The monoisotopic (exact) mass is 292 g/mol. The summed E-state index contributed by atoms with van der Waals surface area (Å²) in [4.78, 5) is 29.6. The van der Waals surface area contributed by atoms with E-state index in [2.05, 4.69) is 4.98 Å². The number of hydrogen-bond acceptors (Lipinski definition) is 5. The van der Waals surface area contributed by atoms with E-state index < -0.39 is 10.9 Å². The van der Waals surface area contributed by atoms with Gasteiger partial charge in [0.1, 0.15) is 11.4 Å². The fourth-order valence-electron chi connectivity index (χ4n) is 2.71. The van der Waals surface area contributed by atoms with Crippen LogP contribution in [0.25, 0.3) is 0 Å². The van der Waals surface area contributed by atoms with Crippen molar-refractivity contribution in [3.63, 3.8) is 0 Å². The van der Waals surface area contributed by atoms with E-state index >= 15 is 0 Å². The van der Waals surface area contributed by atoms with E-state index in [1.54, 1.807) is 12.4 Å². The molecule has 4 rings (SSSR count). The molecule has 0 saturated carbocycles. The number of nitrogens with zero attached hydrogens (tertiary/aromatic N) is 2. The van der Waals surface area contributed by atoms with Gasteiger partial charge in [0.2, 0.25) is 5.75 Å². The average molecular weight is 292 g/mol. The number of rotatable bonds is 2. The Kier molecular flexibility index (Phi) is 2.79. The molecule has 1 aromatic heterocycles. The Morgan fingerprint density at radius 2 is 1.82 bits per heavy atom. The van der Waals surface area contributed by atoms with Gasteiger partial charge in [-0.15, -0.1) is 0 Å². The maximum Gasteiger partial charge on any atom is 0.272 e. The van der Waals surface area contributed by atoms with Crippen molar-refractivity contribution >= 4 is 5.69 Å². The summed E-state index contributed by atoms with van der Waals surface area (Å²) in [6.45, 7) is 1.05. The number of anilines is 1. The van der Waals surface area contributed by atoms with E-state index in [-0.39, 0.29) is 5.75 Å². The molecule has 5 heteroatoms. The van der Waals surface area contributed by atoms with Crippen molar-refractivity contribution in [3.8, 4) is 11.5 Å². The van der Waals surface area contributed by atoms with Crippen LogP contribution in [0.5, 0.6) is 11.5 Å². The van der Waals surface area contributed by atoms with E-state index in [0.29, 0.717) is 24.5 Å². The van der Waals surface area contributed by atoms with Gasteiger partial charge in [0.25, 0.3) is 10.9 Å². The number of benzene rings is 1. The second kappa shape index (κ2) is 4.80. The Bertz CT molecular complexity index is 911. The van der Waals surface area contributed by atoms with Crippen LogP contribution in [0, 0.1) is 0 Å². The molecule has 2 aromatic carbocycles. The lowest BCUT2D eigenvalue weighted by Crippen LogP contribution is -2.39. The summed E-state index contributed by atoms with van der Waals surface area (Å²) in [5, 5.41) is 0. The Hall–Kier alpha value is -2.95. The highest BCUT2D eigenvalue weighted by Crippen LogP contribution is 2.36. The number of aromatic nitrogens is 1. The van der Waals surface area contributed by atoms with Gasteiger partial charge in [-0.25, -0.2) is 0 Å². The lowest BCUT2D eigenvalue weighted by molar-refractivity contribution is 0.473. The molecule has 22 heavy (non-hydrogen) atoms. The zero-order chi connectivity index (χ0) is 15.1. The average Bonchev–Trinajstić information content (AvgIpc) is 2.70. The molecule has 0 atom stereocenters. The molecule has 2 heterocycles. The van der Waals surface area contributed by atoms with Crippen molar-refractivity contribution in [3.05, 3.63) is 80.4 Å². The number of para-hydroxylation sites is 1. The van der Waals surface area contributed by atoms with Crippen LogP contribution in [0.1, 0.15) is 11.1 Å². The normalized spacial score (nSPS) is 13.2. The topological polar surface area (TPSA) is 59.5 Å². The maximum atomic E-state index is 12.0. The van der Waals surface area contributed by atoms with Gasteiger partial charge in [0.15, 0.2) is 0 Å². The van der Waals surface area contributed by atoms with Gasteiger partial charge in [-0.2, -0.15) is 0 Å². The van der Waals surface area contributed by atoms with Crippen molar-refractivity contribution in [2.75, 3.05) is 4.90 Å². The molecule has 0 aliphatic carbocycles. The van der Waals surface area contributed by atoms with Crippen LogP contribution >= 0.6 is 0 Å². The minimum Gasteiger partial charge on any atom is -0.450 e. The summed E-state index contributed by atoms with van der Waals surface area (Å²) in [5.74, 6) is 0.789. The summed E-state index contributed by atoms with van der Waals surface area (Å²) in [7, 11) is 0. The summed E-state index contributed by atoms with van der Waals surface area (Å²) >= 11 is 0. The van der Waals surface area contributed by atoms with Crippen LogP contribution in [0.15, 0.2) is 58.4 Å². The molecule has 0 amide bonds. The van der Waals surface area contributed by atoms with Crippen LogP contribution in [0.2, 0.25) is 0 Å². The van der Waals surface area contributed by atoms with E-state index in [9.17, 15) is 9.59 Å². The second-order valence-corrected chi connectivity index (χ2v) is 5.26. The smallest absolute Gasteiger partial charge is 0.272 e. The van der Waals surface area contributed by atoms with Gasteiger partial charge in [-0.3, -0.25) is 14.6 Å². The fourth-order valence-corrected chi connectivity index (χ4v) is 2.71. The maximum absolute atomic E-state index is 12.0. The molecule has 1 aliphatic rings. The summed E-state index contributed by atoms with van der Waals surface area (Å²) in [6, 6.07) is 11.3. The predicted molar refractivity (Wildman–Crippen MR) is 82.0 cm³/mol. The van der Waals surface area contributed by atoms with E-state index in [0.717, 1.165) is 11.1 Å². The Morgan fingerprint density at radius 1 is 1.05 bits per heavy atom. The minimum atomic E-state index is -0.550. The summed E-state index contributed by atoms with van der Waals surface area (Å²) in [5.41, 5.74) is 1.32. The van der Waals surface area contributed by atoms with Gasteiger partial charge in [-0.05, 0) is 23.8 Å². The number of pyridine rings is 1. The number of ether oxygens (including phenoxy) is 1. The predicted octanol–water partition coefficient (Wildman–Crippen LogP) is 1.99. The molecule has 0 N–H and O–H groups in total. The van der Waals surface area contributed by atoms with Crippen molar-refractivity contribution in [2.45, 2.75) is 13.1 Å². The van der Waals surface area contributed by atoms with Gasteiger partial charge in [-0.1, -0.05) is 18.2 Å². The molecule has 0 fully saturated rings. The first-order valence-corrected chi connectivity index (χ1v) is 6.97. The molecule has 0 bridgehead atoms. The standard InChI is InChI=1S/C17H12N2O3/c20-15-14-17(16(15)21)22-13-4-2-1-3-12(13)10-19(14)9-11-5-7-18-8-6-11/h1-8H,9-10H2. The van der Waals surface area contributed by atoms with Crippen LogP contribution in [-0.4, -0.2) is 4.98 Å². The van der Waals surface area contributed by atoms with Crippen LogP contribution < -0.4 is 20.5 Å². The summed E-state index contributed by atoms with van der Waals surface area (Å²) < 4.78 is 5.66. The summed E-state index contributed by atoms with van der Waals surface area (Å²) in [6.07, 6.45) is 3.42. The van der Waals surface area contributed by atoms with Crippen LogP contribution in [0.4, 0.5) is 5.69 Å². The first kappa shape index (κ1) is 12.8. The Balaban J connectivity index is 1.79. The lowest BCUT2D eigenvalue weighted by Gasteiger charge is -2.24. The van der Waals surface area contributed by atoms with E-state index in [1.807, 2.05) is 41.3 Å². The third kappa shape index (κ3) is 1.90. The van der Waals surface area contributed by atoms with E-state index in [1.165, 1.54) is 0 Å². The van der Waals surface area contributed by atoms with Crippen molar-refractivity contribution in [1.82, 2.24) is 4.98 Å². The van der Waals surface area contributed by atoms with Crippen molar-refractivity contribution in [1.29, 1.82) is 0 Å². The molecule has 108 valence electrons. The van der Waals surface area contributed by atoms with Crippen molar-refractivity contribution in [2.24, 2.45) is 0 Å². The highest BCUT2D eigenvalue weighted by Gasteiger charge is 2.31. The zero-order valence-electron chi connectivity index (χ0n) is 11.7. The molecule has 1 aliphatic heterocycles. The van der Waals surface area contributed by atoms with Crippen LogP contribution in [0.3, 0.4) is 0 Å². The quantitative estimate of drug-likeness (QED) is 0.676. The first-order valence-electron chi connectivity index (χ1n) is 6.97. The largest absolute Gasteiger partial charge is 0.450 e. The SMILES string of the molecule is O=c1c2c(c1=O)N(Cc1ccncc1)Cc1ccccc1O2. The molecular weight excluding hydrogens is 280 g/mol. The minimum absolute atomic E-state index is 0.156. The molecule has 0 unspecified atom stereocenters. The van der Waals surface area contributed by atoms with Gasteiger partial charge >= 0.3 is 0 Å². The molecule has 0 saturated heterocycles. The molecule has 3 aromatic rings. The molecule has 0 radical (unpaired) electrons. The third-order valence-corrected chi connectivity index (χ3v) is 3.83. The molecular formula is C17H12N2O3. The zero-order valence-corrected chi connectivity index (χ0v) is 11.7. The first-order chi connectivity index (χ1) is 10.7. The Morgan fingerprint density at radius 3 is 2.64 bits per heavy atom. The number of fused-ring (bicyclic) bond motifs is 2. The number of hydrogen-bond donors (Lipinski definition) is 0. The molecule has 0 spiro atoms. The van der Waals surface area contributed by atoms with Gasteiger partial charge in [0.05, 0.1) is 0 Å². The van der Waals surface area contributed by atoms with Crippen LogP contribution in [-0.2, 0) is 13.1 Å². The second-order valence-electron chi connectivity index (χ2n) is 5.26.